The highest BCUT2D eigenvalue weighted by Gasteiger charge is 2.47. The second-order valence-corrected chi connectivity index (χ2v) is 7.44. The number of anilines is 4. The van der Waals surface area contributed by atoms with Crippen LogP contribution in [-0.2, 0) is 0 Å². The zero-order valence-corrected chi connectivity index (χ0v) is 16.0. The molecule has 10 heteroatoms. The zero-order chi connectivity index (χ0) is 19.5. The summed E-state index contributed by atoms with van der Waals surface area (Å²) >= 11 is 0. The lowest BCUT2D eigenvalue weighted by Gasteiger charge is -2.32. The molecule has 5 heterocycles. The number of aliphatic imine (C=N–C) groups is 1. The van der Waals surface area contributed by atoms with Gasteiger partial charge in [0.25, 0.3) is 0 Å². The smallest absolute Gasteiger partial charge is 0.229 e. The molecule has 1 atom stereocenters. The number of aliphatic hydroxyl groups excluding tert-OH is 1. The van der Waals surface area contributed by atoms with E-state index in [1.54, 1.807) is 10.7 Å². The van der Waals surface area contributed by atoms with Crippen molar-refractivity contribution < 1.29 is 5.11 Å². The van der Waals surface area contributed by atoms with E-state index in [1.807, 2.05) is 31.1 Å². The van der Waals surface area contributed by atoms with Crippen molar-refractivity contribution in [3.8, 4) is 0 Å². The maximum absolute atomic E-state index is 9.52. The first kappa shape index (κ1) is 16.9. The van der Waals surface area contributed by atoms with Crippen LogP contribution in [0.4, 0.5) is 23.1 Å². The van der Waals surface area contributed by atoms with E-state index < -0.39 is 0 Å². The largest absolute Gasteiger partial charge is 0.396 e. The van der Waals surface area contributed by atoms with Crippen LogP contribution in [-0.4, -0.2) is 61.4 Å². The Morgan fingerprint density at radius 1 is 1.32 bits per heavy atom. The Bertz CT molecular complexity index is 1110. The Balaban J connectivity index is 1.53. The Kier molecular flexibility index (Phi) is 3.53. The molecule has 0 saturated heterocycles. The number of rotatable bonds is 4. The SMILES string of the molecule is Cc1cc2ncnn2cc1Nc1ncc2c(n1)N1C(=NCC1(C)CCO)N2C. The van der Waals surface area contributed by atoms with Crippen LogP contribution in [0.2, 0.25) is 0 Å². The first-order chi connectivity index (χ1) is 13.5. The second-order valence-electron chi connectivity index (χ2n) is 7.44. The Hall–Kier alpha value is -3.27. The third kappa shape index (κ3) is 2.34. The molecule has 2 N–H and O–H groups in total. The van der Waals surface area contributed by atoms with Crippen molar-refractivity contribution in [1.82, 2.24) is 24.6 Å². The van der Waals surface area contributed by atoms with Crippen molar-refractivity contribution in [1.29, 1.82) is 0 Å². The van der Waals surface area contributed by atoms with Gasteiger partial charge in [-0.15, -0.1) is 0 Å². The fourth-order valence-corrected chi connectivity index (χ4v) is 3.81. The van der Waals surface area contributed by atoms with Gasteiger partial charge in [-0.05, 0) is 31.9 Å². The summed E-state index contributed by atoms with van der Waals surface area (Å²) in [6, 6.07) is 1.96. The highest BCUT2D eigenvalue weighted by molar-refractivity contribution is 6.16. The number of aliphatic hydroxyl groups is 1. The summed E-state index contributed by atoms with van der Waals surface area (Å²) in [5.74, 6) is 2.14. The van der Waals surface area contributed by atoms with Gasteiger partial charge in [-0.3, -0.25) is 4.90 Å². The molecule has 10 nitrogen and oxygen atoms in total. The van der Waals surface area contributed by atoms with Crippen molar-refractivity contribution in [2.24, 2.45) is 4.99 Å². The summed E-state index contributed by atoms with van der Waals surface area (Å²) in [5, 5.41) is 17.0. The molecule has 0 saturated carbocycles. The topological polar surface area (TPSA) is 107 Å². The molecule has 1 unspecified atom stereocenters. The van der Waals surface area contributed by atoms with Crippen LogP contribution in [0.5, 0.6) is 0 Å². The number of pyridine rings is 1. The van der Waals surface area contributed by atoms with Crippen LogP contribution < -0.4 is 15.1 Å². The van der Waals surface area contributed by atoms with Crippen molar-refractivity contribution >= 4 is 34.7 Å². The lowest BCUT2D eigenvalue weighted by Crippen LogP contribution is -2.48. The van der Waals surface area contributed by atoms with E-state index >= 15 is 0 Å². The minimum absolute atomic E-state index is 0.0994. The number of nitrogens with one attached hydrogen (secondary N) is 1. The molecule has 144 valence electrons. The Morgan fingerprint density at radius 3 is 3.00 bits per heavy atom. The van der Waals surface area contributed by atoms with Gasteiger partial charge in [-0.2, -0.15) is 10.1 Å². The number of fused-ring (bicyclic) bond motifs is 4. The maximum Gasteiger partial charge on any atom is 0.229 e. The van der Waals surface area contributed by atoms with Crippen LogP contribution in [0, 0.1) is 6.92 Å². The number of guanidine groups is 1. The van der Waals surface area contributed by atoms with E-state index in [9.17, 15) is 5.11 Å². The molecule has 2 aliphatic rings. The lowest BCUT2D eigenvalue weighted by molar-refractivity contribution is 0.252. The monoisotopic (exact) mass is 379 g/mol. The van der Waals surface area contributed by atoms with Gasteiger partial charge in [0.15, 0.2) is 11.5 Å². The summed E-state index contributed by atoms with van der Waals surface area (Å²) in [5.41, 5.74) is 3.27. The minimum Gasteiger partial charge on any atom is -0.396 e. The number of aromatic nitrogens is 5. The maximum atomic E-state index is 9.52. The molecular weight excluding hydrogens is 358 g/mol. The molecule has 0 spiro atoms. The molecule has 0 aliphatic carbocycles. The number of nitrogens with zero attached hydrogens (tertiary/aromatic N) is 8. The van der Waals surface area contributed by atoms with Crippen LogP contribution >= 0.6 is 0 Å². The standard InChI is InChI=1S/C18H21N9O/c1-11-6-14-21-10-22-26(14)8-12(11)23-16-19-7-13-15(24-16)27-17(25(13)3)20-9-18(27,2)4-5-28/h6-8,10,28H,4-5,9H2,1-3H3,(H,19,23,24). The number of hydrogen-bond acceptors (Lipinski definition) is 9. The molecule has 2 aliphatic heterocycles. The first-order valence-corrected chi connectivity index (χ1v) is 9.13. The lowest BCUT2D eigenvalue weighted by atomic mass is 9.97. The van der Waals surface area contributed by atoms with E-state index in [1.165, 1.54) is 6.33 Å². The molecule has 5 rings (SSSR count). The van der Waals surface area contributed by atoms with Gasteiger partial charge in [0.1, 0.15) is 12.0 Å². The van der Waals surface area contributed by atoms with Gasteiger partial charge in [0.2, 0.25) is 11.9 Å². The molecule has 0 amide bonds. The molecule has 28 heavy (non-hydrogen) atoms. The Morgan fingerprint density at radius 2 is 2.18 bits per heavy atom. The summed E-state index contributed by atoms with van der Waals surface area (Å²) < 4.78 is 1.71. The molecule has 3 aromatic rings. The molecule has 0 aromatic carbocycles. The Labute approximate surface area is 161 Å². The highest BCUT2D eigenvalue weighted by Crippen LogP contribution is 2.43. The van der Waals surface area contributed by atoms with E-state index in [0.717, 1.165) is 34.4 Å². The van der Waals surface area contributed by atoms with Crippen LogP contribution in [0.3, 0.4) is 0 Å². The highest BCUT2D eigenvalue weighted by atomic mass is 16.3. The fraction of sp³-hybridized carbons (Fsp3) is 0.389. The third-order valence-electron chi connectivity index (χ3n) is 5.44. The third-order valence-corrected chi connectivity index (χ3v) is 5.44. The molecule has 3 aromatic heterocycles. The van der Waals surface area contributed by atoms with E-state index in [-0.39, 0.29) is 12.1 Å². The number of hydrogen-bond donors (Lipinski definition) is 2. The summed E-state index contributed by atoms with van der Waals surface area (Å²) in [6.45, 7) is 4.83. The van der Waals surface area contributed by atoms with E-state index in [0.29, 0.717) is 18.9 Å². The van der Waals surface area contributed by atoms with Gasteiger partial charge in [-0.25, -0.2) is 19.5 Å². The molecule has 0 fully saturated rings. The average Bonchev–Trinajstić information content (AvgIpc) is 3.32. The van der Waals surface area contributed by atoms with Crippen LogP contribution in [0.1, 0.15) is 18.9 Å². The van der Waals surface area contributed by atoms with Gasteiger partial charge < -0.3 is 15.3 Å². The molecular formula is C18H21N9O. The predicted octanol–water partition coefficient (Wildman–Crippen LogP) is 1.34. The van der Waals surface area contributed by atoms with Crippen molar-refractivity contribution in [2.45, 2.75) is 25.8 Å². The molecule has 0 bridgehead atoms. The normalized spacial score (nSPS) is 20.5. The average molecular weight is 379 g/mol. The summed E-state index contributed by atoms with van der Waals surface area (Å²) in [7, 11) is 1.96. The van der Waals surface area contributed by atoms with Crippen molar-refractivity contribution in [2.75, 3.05) is 35.3 Å². The first-order valence-electron chi connectivity index (χ1n) is 9.13. The van der Waals surface area contributed by atoms with Gasteiger partial charge in [0.05, 0.1) is 30.2 Å². The quantitative estimate of drug-likeness (QED) is 0.699. The van der Waals surface area contributed by atoms with Crippen LogP contribution in [0.15, 0.2) is 29.8 Å². The van der Waals surface area contributed by atoms with E-state index in [4.69, 9.17) is 4.98 Å². The van der Waals surface area contributed by atoms with Gasteiger partial charge in [-0.1, -0.05) is 0 Å². The fourth-order valence-electron chi connectivity index (χ4n) is 3.81. The van der Waals surface area contributed by atoms with Crippen molar-refractivity contribution in [3.63, 3.8) is 0 Å². The predicted molar refractivity (Wildman–Crippen MR) is 106 cm³/mol. The van der Waals surface area contributed by atoms with Crippen molar-refractivity contribution in [3.05, 3.63) is 30.4 Å². The zero-order valence-electron chi connectivity index (χ0n) is 16.0. The molecule has 0 radical (unpaired) electrons. The number of aryl methyl sites for hydroxylation is 1. The van der Waals surface area contributed by atoms with Gasteiger partial charge >= 0.3 is 0 Å². The van der Waals surface area contributed by atoms with Crippen LogP contribution in [0.25, 0.3) is 5.65 Å². The van der Waals surface area contributed by atoms with Gasteiger partial charge in [0, 0.05) is 13.7 Å². The minimum atomic E-state index is -0.301. The summed E-state index contributed by atoms with van der Waals surface area (Å²) in [4.78, 5) is 22.2. The second kappa shape index (κ2) is 5.86. The van der Waals surface area contributed by atoms with E-state index in [2.05, 4.69) is 37.2 Å². The summed E-state index contributed by atoms with van der Waals surface area (Å²) in [6.07, 6.45) is 5.81.